The predicted octanol–water partition coefficient (Wildman–Crippen LogP) is 2.79. The molecule has 0 fully saturated rings. The second-order valence-electron chi connectivity index (χ2n) is 4.09. The molecule has 0 heterocycles. The summed E-state index contributed by atoms with van der Waals surface area (Å²) < 4.78 is 0. The Labute approximate surface area is 90.3 Å². The molecule has 2 heteroatoms. The minimum atomic E-state index is -0.0857. The molecule has 1 rings (SSSR count). The van der Waals surface area contributed by atoms with E-state index in [0.29, 0.717) is 5.56 Å². The van der Waals surface area contributed by atoms with Gasteiger partial charge >= 0.3 is 0 Å². The molecular formula is C13H16O2. The van der Waals surface area contributed by atoms with Crippen molar-refractivity contribution in [2.75, 3.05) is 0 Å². The molecule has 0 saturated heterocycles. The predicted molar refractivity (Wildman–Crippen MR) is 60.0 cm³/mol. The van der Waals surface area contributed by atoms with Gasteiger partial charge in [-0.3, -0.25) is 9.59 Å². The fourth-order valence-corrected chi connectivity index (χ4v) is 1.28. The zero-order valence-corrected chi connectivity index (χ0v) is 9.41. The lowest BCUT2D eigenvalue weighted by Gasteiger charge is -2.04. The standard InChI is InChI=1S/C13H16O2/c1-9(2)12(14)8-13(15)11-6-4-5-10(3)7-11/h4-7,9H,8H2,1-3H3. The molecule has 0 saturated carbocycles. The van der Waals surface area contributed by atoms with Crippen LogP contribution in [0.2, 0.25) is 0 Å². The van der Waals surface area contributed by atoms with Crippen molar-refractivity contribution in [1.29, 1.82) is 0 Å². The molecule has 1 aromatic carbocycles. The second kappa shape index (κ2) is 4.87. The van der Waals surface area contributed by atoms with Gasteiger partial charge in [-0.25, -0.2) is 0 Å². The highest BCUT2D eigenvalue weighted by molar-refractivity contribution is 6.08. The first-order chi connectivity index (χ1) is 7.00. The maximum absolute atomic E-state index is 11.7. The molecule has 2 nitrogen and oxygen atoms in total. The normalized spacial score (nSPS) is 10.4. The summed E-state index contributed by atoms with van der Waals surface area (Å²) in [5, 5.41) is 0. The molecule has 15 heavy (non-hydrogen) atoms. The number of carbonyl (C=O) groups is 2. The fourth-order valence-electron chi connectivity index (χ4n) is 1.28. The van der Waals surface area contributed by atoms with Gasteiger partial charge in [-0.1, -0.05) is 37.6 Å². The van der Waals surface area contributed by atoms with Crippen LogP contribution >= 0.6 is 0 Å². The second-order valence-corrected chi connectivity index (χ2v) is 4.09. The summed E-state index contributed by atoms with van der Waals surface area (Å²) in [6, 6.07) is 7.34. The van der Waals surface area contributed by atoms with E-state index in [4.69, 9.17) is 0 Å². The van der Waals surface area contributed by atoms with Crippen molar-refractivity contribution >= 4 is 11.6 Å². The third kappa shape index (κ3) is 3.31. The maximum atomic E-state index is 11.7. The summed E-state index contributed by atoms with van der Waals surface area (Å²) in [5.74, 6) is -0.155. The molecule has 0 aromatic heterocycles. The summed E-state index contributed by atoms with van der Waals surface area (Å²) in [6.07, 6.45) is 0.0150. The van der Waals surface area contributed by atoms with E-state index >= 15 is 0 Å². The van der Waals surface area contributed by atoms with Crippen molar-refractivity contribution in [3.63, 3.8) is 0 Å². The van der Waals surface area contributed by atoms with Crippen LogP contribution in [0.3, 0.4) is 0 Å². The monoisotopic (exact) mass is 204 g/mol. The minimum Gasteiger partial charge on any atom is -0.299 e. The molecule has 0 radical (unpaired) electrons. The van der Waals surface area contributed by atoms with E-state index in [0.717, 1.165) is 5.56 Å². The Morgan fingerprint density at radius 2 is 1.93 bits per heavy atom. The van der Waals surface area contributed by atoms with Gasteiger partial charge in [0, 0.05) is 11.5 Å². The fraction of sp³-hybridized carbons (Fsp3) is 0.385. The Bertz CT molecular complexity index is 378. The van der Waals surface area contributed by atoms with Gasteiger partial charge in [0.15, 0.2) is 5.78 Å². The average molecular weight is 204 g/mol. The van der Waals surface area contributed by atoms with Gasteiger partial charge < -0.3 is 0 Å². The van der Waals surface area contributed by atoms with Crippen molar-refractivity contribution < 1.29 is 9.59 Å². The first-order valence-corrected chi connectivity index (χ1v) is 5.13. The van der Waals surface area contributed by atoms with Gasteiger partial charge in [0.25, 0.3) is 0 Å². The van der Waals surface area contributed by atoms with Crippen LogP contribution in [0, 0.1) is 12.8 Å². The number of hydrogen-bond acceptors (Lipinski definition) is 2. The average Bonchev–Trinajstić information content (AvgIpc) is 2.17. The maximum Gasteiger partial charge on any atom is 0.170 e. The topological polar surface area (TPSA) is 34.1 Å². The lowest BCUT2D eigenvalue weighted by molar-refractivity contribution is -0.121. The number of benzene rings is 1. The quantitative estimate of drug-likeness (QED) is 0.558. The number of Topliss-reactive ketones (excluding diaryl/α,β-unsaturated/α-hetero) is 2. The highest BCUT2D eigenvalue weighted by Crippen LogP contribution is 2.09. The van der Waals surface area contributed by atoms with Crippen molar-refractivity contribution in [2.24, 2.45) is 5.92 Å². The molecule has 0 aliphatic heterocycles. The Kier molecular flexibility index (Phi) is 3.78. The molecule has 0 aliphatic rings. The first-order valence-electron chi connectivity index (χ1n) is 5.13. The van der Waals surface area contributed by atoms with Crippen LogP contribution in [0.5, 0.6) is 0 Å². The largest absolute Gasteiger partial charge is 0.299 e. The number of rotatable bonds is 4. The van der Waals surface area contributed by atoms with Gasteiger partial charge in [0.1, 0.15) is 5.78 Å². The Morgan fingerprint density at radius 1 is 1.27 bits per heavy atom. The molecular weight excluding hydrogens is 188 g/mol. The van der Waals surface area contributed by atoms with Gasteiger partial charge in [-0.05, 0) is 13.0 Å². The summed E-state index contributed by atoms with van der Waals surface area (Å²) in [7, 11) is 0. The Hall–Kier alpha value is -1.44. The number of carbonyl (C=O) groups excluding carboxylic acids is 2. The van der Waals surface area contributed by atoms with Crippen LogP contribution in [-0.2, 0) is 4.79 Å². The van der Waals surface area contributed by atoms with Crippen LogP contribution in [0.4, 0.5) is 0 Å². The summed E-state index contributed by atoms with van der Waals surface area (Å²) in [4.78, 5) is 23.1. The van der Waals surface area contributed by atoms with Gasteiger partial charge in [0.2, 0.25) is 0 Å². The molecule has 0 aliphatic carbocycles. The Balaban J connectivity index is 2.74. The van der Waals surface area contributed by atoms with Crippen LogP contribution in [0.1, 0.15) is 36.2 Å². The van der Waals surface area contributed by atoms with E-state index < -0.39 is 0 Å². The highest BCUT2D eigenvalue weighted by atomic mass is 16.1. The lowest BCUT2D eigenvalue weighted by atomic mass is 9.99. The number of ketones is 2. The van der Waals surface area contributed by atoms with Gasteiger partial charge in [-0.2, -0.15) is 0 Å². The van der Waals surface area contributed by atoms with E-state index in [1.807, 2.05) is 39.0 Å². The van der Waals surface area contributed by atoms with Gasteiger partial charge in [-0.15, -0.1) is 0 Å². The third-order valence-electron chi connectivity index (χ3n) is 2.32. The van der Waals surface area contributed by atoms with Crippen LogP contribution in [0.15, 0.2) is 24.3 Å². The molecule has 80 valence electrons. The van der Waals surface area contributed by atoms with Crippen molar-refractivity contribution in [3.05, 3.63) is 35.4 Å². The van der Waals surface area contributed by atoms with Crippen LogP contribution in [0.25, 0.3) is 0 Å². The zero-order valence-electron chi connectivity index (χ0n) is 9.41. The molecule has 0 unspecified atom stereocenters. The zero-order chi connectivity index (χ0) is 11.4. The van der Waals surface area contributed by atoms with Crippen molar-refractivity contribution in [1.82, 2.24) is 0 Å². The molecule has 0 spiro atoms. The van der Waals surface area contributed by atoms with E-state index in [1.54, 1.807) is 6.07 Å². The van der Waals surface area contributed by atoms with Crippen LogP contribution < -0.4 is 0 Å². The SMILES string of the molecule is Cc1cccc(C(=O)CC(=O)C(C)C)c1. The number of aryl methyl sites for hydroxylation is 1. The van der Waals surface area contributed by atoms with Crippen molar-refractivity contribution in [3.8, 4) is 0 Å². The van der Waals surface area contributed by atoms with Crippen LogP contribution in [-0.4, -0.2) is 11.6 Å². The molecule has 0 N–H and O–H groups in total. The lowest BCUT2D eigenvalue weighted by Crippen LogP contribution is -2.13. The third-order valence-corrected chi connectivity index (χ3v) is 2.32. The number of hydrogen-bond donors (Lipinski definition) is 0. The Morgan fingerprint density at radius 3 is 2.47 bits per heavy atom. The highest BCUT2D eigenvalue weighted by Gasteiger charge is 2.14. The molecule has 1 aromatic rings. The molecule has 0 bridgehead atoms. The summed E-state index contributed by atoms with van der Waals surface area (Å²) in [5.41, 5.74) is 1.67. The summed E-state index contributed by atoms with van der Waals surface area (Å²) >= 11 is 0. The van der Waals surface area contributed by atoms with E-state index in [9.17, 15) is 9.59 Å². The first kappa shape index (κ1) is 11.6. The molecule has 0 amide bonds. The minimum absolute atomic E-state index is 0.00139. The smallest absolute Gasteiger partial charge is 0.170 e. The van der Waals surface area contributed by atoms with E-state index in [-0.39, 0.29) is 23.9 Å². The van der Waals surface area contributed by atoms with E-state index in [2.05, 4.69) is 0 Å². The van der Waals surface area contributed by atoms with Crippen molar-refractivity contribution in [2.45, 2.75) is 27.2 Å². The molecule has 0 atom stereocenters. The summed E-state index contributed by atoms with van der Waals surface area (Å²) in [6.45, 7) is 5.55. The van der Waals surface area contributed by atoms with E-state index in [1.165, 1.54) is 0 Å². The van der Waals surface area contributed by atoms with Gasteiger partial charge in [0.05, 0.1) is 6.42 Å².